The number of nitrogens with two attached hydrogens (primary N) is 1. The van der Waals surface area contributed by atoms with E-state index in [9.17, 15) is 18.0 Å². The lowest BCUT2D eigenvalue weighted by atomic mass is 9.84. The summed E-state index contributed by atoms with van der Waals surface area (Å²) in [4.78, 5) is 16.7. The standard InChI is InChI=1S/C18H22F3N3O3S/c19-18(20,21)27-15-3-1-12(2-4-15)13-9-14(16(22)28)11-24(10-13)17(25)23-5-7-26-8-6-23/h1-4,13-14H,5-11H2,(H2,22,28). The topological polar surface area (TPSA) is 68.0 Å². The molecule has 2 atom stereocenters. The molecule has 2 fully saturated rings. The molecule has 154 valence electrons. The molecule has 0 spiro atoms. The van der Waals surface area contributed by atoms with Gasteiger partial charge in [-0.25, -0.2) is 4.79 Å². The van der Waals surface area contributed by atoms with E-state index in [4.69, 9.17) is 22.7 Å². The Balaban J connectivity index is 1.74. The summed E-state index contributed by atoms with van der Waals surface area (Å²) in [5.41, 5.74) is 6.67. The van der Waals surface area contributed by atoms with Gasteiger partial charge in [-0.3, -0.25) is 0 Å². The average molecular weight is 417 g/mol. The van der Waals surface area contributed by atoms with Crippen molar-refractivity contribution in [1.29, 1.82) is 0 Å². The predicted octanol–water partition coefficient (Wildman–Crippen LogP) is 2.73. The molecule has 1 aromatic rings. The lowest BCUT2D eigenvalue weighted by Gasteiger charge is -2.40. The zero-order valence-electron chi connectivity index (χ0n) is 15.2. The van der Waals surface area contributed by atoms with Gasteiger partial charge in [0, 0.05) is 38.0 Å². The molecule has 2 saturated heterocycles. The number of hydrogen-bond donors (Lipinski definition) is 1. The molecule has 0 aliphatic carbocycles. The van der Waals surface area contributed by atoms with E-state index in [2.05, 4.69) is 4.74 Å². The first kappa shape index (κ1) is 20.7. The number of piperidine rings is 1. The Kier molecular flexibility index (Phi) is 6.29. The average Bonchev–Trinajstić information content (AvgIpc) is 2.67. The molecule has 2 heterocycles. The van der Waals surface area contributed by atoms with E-state index in [1.54, 1.807) is 21.9 Å². The summed E-state index contributed by atoms with van der Waals surface area (Å²) in [7, 11) is 0. The van der Waals surface area contributed by atoms with E-state index in [-0.39, 0.29) is 23.6 Å². The number of benzene rings is 1. The predicted molar refractivity (Wildman–Crippen MR) is 100 cm³/mol. The second kappa shape index (κ2) is 8.52. The number of carbonyl (C=O) groups excluding carboxylic acids is 1. The van der Waals surface area contributed by atoms with Gasteiger partial charge >= 0.3 is 12.4 Å². The van der Waals surface area contributed by atoms with Crippen molar-refractivity contribution in [3.05, 3.63) is 29.8 Å². The van der Waals surface area contributed by atoms with Gasteiger partial charge < -0.3 is 25.0 Å². The molecule has 2 unspecified atom stereocenters. The van der Waals surface area contributed by atoms with Gasteiger partial charge in [0.2, 0.25) is 0 Å². The van der Waals surface area contributed by atoms with Crippen molar-refractivity contribution < 1.29 is 27.4 Å². The van der Waals surface area contributed by atoms with Crippen molar-refractivity contribution in [2.24, 2.45) is 11.7 Å². The first-order valence-corrected chi connectivity index (χ1v) is 9.40. The molecule has 28 heavy (non-hydrogen) atoms. The number of nitrogens with zero attached hydrogens (tertiary/aromatic N) is 2. The largest absolute Gasteiger partial charge is 0.573 e. The van der Waals surface area contributed by atoms with Crippen LogP contribution >= 0.6 is 12.2 Å². The van der Waals surface area contributed by atoms with Gasteiger partial charge in [-0.2, -0.15) is 0 Å². The SMILES string of the molecule is NC(=S)C1CC(c2ccc(OC(F)(F)F)cc2)CN(C(=O)N2CCOCC2)C1. The third-order valence-corrected chi connectivity index (χ3v) is 5.32. The number of thiocarbonyl (C=S) groups is 1. The van der Waals surface area contributed by atoms with Crippen molar-refractivity contribution >= 4 is 23.2 Å². The minimum Gasteiger partial charge on any atom is -0.406 e. The number of alkyl halides is 3. The first-order chi connectivity index (χ1) is 13.2. The fourth-order valence-corrected chi connectivity index (χ4v) is 3.77. The highest BCUT2D eigenvalue weighted by molar-refractivity contribution is 7.80. The van der Waals surface area contributed by atoms with Crippen molar-refractivity contribution in [2.75, 3.05) is 39.4 Å². The van der Waals surface area contributed by atoms with Crippen LogP contribution in [0.1, 0.15) is 17.9 Å². The molecule has 2 N–H and O–H groups in total. The van der Waals surface area contributed by atoms with Gasteiger partial charge in [-0.15, -0.1) is 13.2 Å². The van der Waals surface area contributed by atoms with Gasteiger partial charge in [0.25, 0.3) is 0 Å². The zero-order chi connectivity index (χ0) is 20.3. The minimum atomic E-state index is -4.73. The molecule has 6 nitrogen and oxygen atoms in total. The van der Waals surface area contributed by atoms with Gasteiger partial charge in [0.05, 0.1) is 18.2 Å². The maximum Gasteiger partial charge on any atom is 0.573 e. The van der Waals surface area contributed by atoms with Crippen LogP contribution < -0.4 is 10.5 Å². The molecule has 2 aliphatic rings. The minimum absolute atomic E-state index is 0.0785. The maximum atomic E-state index is 12.9. The van der Waals surface area contributed by atoms with Crippen LogP contribution in [0, 0.1) is 5.92 Å². The fourth-order valence-electron chi connectivity index (χ4n) is 3.60. The monoisotopic (exact) mass is 417 g/mol. The van der Waals surface area contributed by atoms with Crippen LogP contribution in [-0.2, 0) is 4.74 Å². The maximum absolute atomic E-state index is 12.9. The highest BCUT2D eigenvalue weighted by atomic mass is 32.1. The Bertz CT molecular complexity index is 708. The summed E-state index contributed by atoms with van der Waals surface area (Å²) in [6, 6.07) is 5.64. The van der Waals surface area contributed by atoms with Gasteiger partial charge in [-0.1, -0.05) is 24.4 Å². The van der Waals surface area contributed by atoms with Crippen molar-refractivity contribution in [2.45, 2.75) is 18.7 Å². The summed E-state index contributed by atoms with van der Waals surface area (Å²) in [6.45, 7) is 2.96. The summed E-state index contributed by atoms with van der Waals surface area (Å²) in [5.74, 6) is -0.505. The Hall–Kier alpha value is -2.07. The van der Waals surface area contributed by atoms with E-state index in [0.717, 1.165) is 5.56 Å². The van der Waals surface area contributed by atoms with Gasteiger partial charge in [0.15, 0.2) is 0 Å². The molecule has 0 aromatic heterocycles. The van der Waals surface area contributed by atoms with E-state index < -0.39 is 6.36 Å². The normalized spacial score (nSPS) is 23.4. The molecule has 0 bridgehead atoms. The Morgan fingerprint density at radius 3 is 2.36 bits per heavy atom. The zero-order valence-corrected chi connectivity index (χ0v) is 16.0. The van der Waals surface area contributed by atoms with Crippen LogP contribution in [0.4, 0.5) is 18.0 Å². The molecule has 3 rings (SSSR count). The molecular formula is C18H22F3N3O3S. The lowest BCUT2D eigenvalue weighted by molar-refractivity contribution is -0.274. The molecule has 0 radical (unpaired) electrons. The van der Waals surface area contributed by atoms with Crippen LogP contribution in [0.15, 0.2) is 24.3 Å². The second-order valence-electron chi connectivity index (χ2n) is 6.94. The van der Waals surface area contributed by atoms with Crippen molar-refractivity contribution in [3.63, 3.8) is 0 Å². The molecule has 2 amide bonds. The van der Waals surface area contributed by atoms with Crippen molar-refractivity contribution in [1.82, 2.24) is 9.80 Å². The summed E-state index contributed by atoms with van der Waals surface area (Å²) in [5, 5.41) is 0. The number of amides is 2. The van der Waals surface area contributed by atoms with E-state index in [1.165, 1.54) is 12.1 Å². The molecule has 2 aliphatic heterocycles. The molecule has 0 saturated carbocycles. The number of halogens is 3. The first-order valence-electron chi connectivity index (χ1n) is 8.99. The Morgan fingerprint density at radius 2 is 1.79 bits per heavy atom. The van der Waals surface area contributed by atoms with Crippen LogP contribution in [0.5, 0.6) is 5.75 Å². The number of ether oxygens (including phenoxy) is 2. The van der Waals surface area contributed by atoms with Crippen LogP contribution in [-0.4, -0.2) is 66.6 Å². The lowest BCUT2D eigenvalue weighted by Crippen LogP contribution is -2.53. The molecular weight excluding hydrogens is 395 g/mol. The Morgan fingerprint density at radius 1 is 1.14 bits per heavy atom. The number of likely N-dealkylation sites (tertiary alicyclic amines) is 1. The highest BCUT2D eigenvalue weighted by Crippen LogP contribution is 2.33. The number of hydrogen-bond acceptors (Lipinski definition) is 4. The number of urea groups is 1. The molecule has 10 heteroatoms. The van der Waals surface area contributed by atoms with Crippen LogP contribution in [0.3, 0.4) is 0 Å². The van der Waals surface area contributed by atoms with Crippen molar-refractivity contribution in [3.8, 4) is 5.75 Å². The summed E-state index contributed by atoms with van der Waals surface area (Å²) in [6.07, 6.45) is -4.09. The number of morpholine rings is 1. The summed E-state index contributed by atoms with van der Waals surface area (Å²) >= 11 is 5.16. The van der Waals surface area contributed by atoms with E-state index >= 15 is 0 Å². The Labute approximate surface area is 166 Å². The fraction of sp³-hybridized carbons (Fsp3) is 0.556. The van der Waals surface area contributed by atoms with E-state index in [0.29, 0.717) is 50.8 Å². The highest BCUT2D eigenvalue weighted by Gasteiger charge is 2.35. The van der Waals surface area contributed by atoms with Crippen LogP contribution in [0.2, 0.25) is 0 Å². The third-order valence-electron chi connectivity index (χ3n) is 4.99. The molecule has 1 aromatic carbocycles. The summed E-state index contributed by atoms with van der Waals surface area (Å²) < 4.78 is 46.2. The number of carbonyl (C=O) groups is 1. The van der Waals surface area contributed by atoms with E-state index in [1.807, 2.05) is 0 Å². The quantitative estimate of drug-likeness (QED) is 0.766. The van der Waals surface area contributed by atoms with Crippen LogP contribution in [0.25, 0.3) is 0 Å². The second-order valence-corrected chi connectivity index (χ2v) is 7.41. The third kappa shape index (κ3) is 5.26. The number of rotatable bonds is 3. The van der Waals surface area contributed by atoms with Gasteiger partial charge in [0.1, 0.15) is 5.75 Å². The van der Waals surface area contributed by atoms with Gasteiger partial charge in [-0.05, 0) is 24.1 Å². The smallest absolute Gasteiger partial charge is 0.406 e.